The molecule has 6 heteroatoms. The highest BCUT2D eigenvalue weighted by atomic mass is 16.5. The van der Waals surface area contributed by atoms with Crippen LogP contribution < -0.4 is 11.1 Å². The first-order chi connectivity index (χ1) is 13.6. The summed E-state index contributed by atoms with van der Waals surface area (Å²) in [5.41, 5.74) is 9.17. The van der Waals surface area contributed by atoms with Crippen molar-refractivity contribution in [2.24, 2.45) is 5.73 Å². The smallest absolute Gasteiger partial charge is 0.251 e. The molecular weight excluding hydrogens is 354 g/mol. The summed E-state index contributed by atoms with van der Waals surface area (Å²) in [6, 6.07) is 15.8. The highest BCUT2D eigenvalue weighted by Gasteiger charge is 2.17. The van der Waals surface area contributed by atoms with E-state index in [0.29, 0.717) is 25.3 Å². The van der Waals surface area contributed by atoms with Crippen molar-refractivity contribution < 1.29 is 14.3 Å². The van der Waals surface area contributed by atoms with E-state index in [-0.39, 0.29) is 24.4 Å². The SMILES string of the molecule is CN(Cc1cccc(-c2ccc(C(=O)NC3CCOCC3)cc2)c1)C(=O)CN. The molecule has 0 atom stereocenters. The summed E-state index contributed by atoms with van der Waals surface area (Å²) in [4.78, 5) is 25.7. The van der Waals surface area contributed by atoms with Gasteiger partial charge in [-0.2, -0.15) is 0 Å². The normalized spacial score (nSPS) is 14.5. The van der Waals surface area contributed by atoms with Gasteiger partial charge in [0.1, 0.15) is 0 Å². The maximum atomic E-state index is 12.4. The molecule has 2 aromatic rings. The second-order valence-corrected chi connectivity index (χ2v) is 7.09. The molecule has 1 aliphatic rings. The molecule has 1 heterocycles. The zero-order valence-corrected chi connectivity index (χ0v) is 16.2. The van der Waals surface area contributed by atoms with Crippen LogP contribution in [0.15, 0.2) is 48.5 Å². The average molecular weight is 381 g/mol. The van der Waals surface area contributed by atoms with Crippen LogP contribution in [-0.2, 0) is 16.1 Å². The Morgan fingerprint density at radius 2 is 1.82 bits per heavy atom. The second-order valence-electron chi connectivity index (χ2n) is 7.09. The molecule has 148 valence electrons. The monoisotopic (exact) mass is 381 g/mol. The first-order valence-corrected chi connectivity index (χ1v) is 9.59. The molecule has 0 bridgehead atoms. The lowest BCUT2D eigenvalue weighted by Gasteiger charge is -2.23. The number of hydrogen-bond acceptors (Lipinski definition) is 4. The molecule has 3 N–H and O–H groups in total. The first-order valence-electron chi connectivity index (χ1n) is 9.59. The zero-order valence-electron chi connectivity index (χ0n) is 16.2. The van der Waals surface area contributed by atoms with Gasteiger partial charge in [0.2, 0.25) is 5.91 Å². The second kappa shape index (κ2) is 9.48. The maximum absolute atomic E-state index is 12.4. The van der Waals surface area contributed by atoms with Gasteiger partial charge in [0.05, 0.1) is 6.54 Å². The topological polar surface area (TPSA) is 84.7 Å². The van der Waals surface area contributed by atoms with Crippen LogP contribution >= 0.6 is 0 Å². The molecule has 3 rings (SSSR count). The number of carbonyl (C=O) groups excluding carboxylic acids is 2. The summed E-state index contributed by atoms with van der Waals surface area (Å²) in [5, 5.41) is 3.07. The number of carbonyl (C=O) groups is 2. The molecule has 0 aliphatic carbocycles. The van der Waals surface area contributed by atoms with E-state index in [4.69, 9.17) is 10.5 Å². The minimum atomic E-state index is -0.0923. The van der Waals surface area contributed by atoms with Gasteiger partial charge in [0, 0.05) is 38.4 Å². The Kier molecular flexibility index (Phi) is 6.79. The van der Waals surface area contributed by atoms with E-state index in [1.54, 1.807) is 11.9 Å². The number of amides is 2. The van der Waals surface area contributed by atoms with Crippen molar-refractivity contribution in [2.75, 3.05) is 26.8 Å². The molecule has 0 spiro atoms. The fraction of sp³-hybridized carbons (Fsp3) is 0.364. The van der Waals surface area contributed by atoms with Gasteiger partial charge in [-0.05, 0) is 47.7 Å². The molecule has 28 heavy (non-hydrogen) atoms. The van der Waals surface area contributed by atoms with Gasteiger partial charge >= 0.3 is 0 Å². The number of hydrogen-bond donors (Lipinski definition) is 2. The molecule has 0 radical (unpaired) electrons. The summed E-state index contributed by atoms with van der Waals surface area (Å²) in [6.07, 6.45) is 1.72. The van der Waals surface area contributed by atoms with Gasteiger partial charge in [-0.1, -0.05) is 30.3 Å². The molecule has 0 aromatic heterocycles. The van der Waals surface area contributed by atoms with Crippen LogP contribution in [0.5, 0.6) is 0 Å². The third kappa shape index (κ3) is 5.18. The van der Waals surface area contributed by atoms with Crippen LogP contribution in [0, 0.1) is 0 Å². The van der Waals surface area contributed by atoms with Crippen molar-refractivity contribution in [1.29, 1.82) is 0 Å². The van der Waals surface area contributed by atoms with Crippen molar-refractivity contribution in [3.8, 4) is 11.1 Å². The van der Waals surface area contributed by atoms with Crippen molar-refractivity contribution >= 4 is 11.8 Å². The van der Waals surface area contributed by atoms with E-state index in [1.807, 2.05) is 42.5 Å². The van der Waals surface area contributed by atoms with Crippen LogP contribution in [0.1, 0.15) is 28.8 Å². The summed E-state index contributed by atoms with van der Waals surface area (Å²) < 4.78 is 5.33. The predicted molar refractivity (Wildman–Crippen MR) is 109 cm³/mol. The zero-order chi connectivity index (χ0) is 19.9. The summed E-state index contributed by atoms with van der Waals surface area (Å²) in [5.74, 6) is -0.139. The third-order valence-corrected chi connectivity index (χ3v) is 4.98. The minimum Gasteiger partial charge on any atom is -0.381 e. The molecule has 0 saturated carbocycles. The van der Waals surface area contributed by atoms with Gasteiger partial charge in [-0.25, -0.2) is 0 Å². The standard InChI is InChI=1S/C22H27N3O3/c1-25(21(26)14-23)15-16-3-2-4-19(13-16)17-5-7-18(8-6-17)22(27)24-20-9-11-28-12-10-20/h2-8,13,20H,9-12,14-15,23H2,1H3,(H,24,27). The van der Waals surface area contributed by atoms with E-state index in [9.17, 15) is 9.59 Å². The Bertz CT molecular complexity index is 814. The van der Waals surface area contributed by atoms with E-state index in [1.165, 1.54) is 0 Å². The van der Waals surface area contributed by atoms with Gasteiger partial charge in [0.25, 0.3) is 5.91 Å². The molecule has 1 aliphatic heterocycles. The van der Waals surface area contributed by atoms with Crippen LogP contribution in [-0.4, -0.2) is 49.6 Å². The van der Waals surface area contributed by atoms with Gasteiger partial charge < -0.3 is 20.7 Å². The Labute approximate surface area is 165 Å². The van der Waals surface area contributed by atoms with Crippen molar-refractivity contribution in [2.45, 2.75) is 25.4 Å². The van der Waals surface area contributed by atoms with Crippen molar-refractivity contribution in [1.82, 2.24) is 10.2 Å². The number of likely N-dealkylation sites (N-methyl/N-ethyl adjacent to an activating group) is 1. The highest BCUT2D eigenvalue weighted by Crippen LogP contribution is 2.22. The number of nitrogens with zero attached hydrogens (tertiary/aromatic N) is 1. The molecule has 2 amide bonds. The van der Waals surface area contributed by atoms with Crippen LogP contribution in [0.25, 0.3) is 11.1 Å². The summed E-state index contributed by atoms with van der Waals surface area (Å²) >= 11 is 0. The lowest BCUT2D eigenvalue weighted by Crippen LogP contribution is -2.38. The third-order valence-electron chi connectivity index (χ3n) is 4.98. The molecular formula is C22H27N3O3. The van der Waals surface area contributed by atoms with E-state index in [0.717, 1.165) is 29.5 Å². The highest BCUT2D eigenvalue weighted by molar-refractivity contribution is 5.94. The largest absolute Gasteiger partial charge is 0.381 e. The average Bonchev–Trinajstić information content (AvgIpc) is 2.74. The van der Waals surface area contributed by atoms with Crippen molar-refractivity contribution in [3.05, 3.63) is 59.7 Å². The Morgan fingerprint density at radius 3 is 2.50 bits per heavy atom. The van der Waals surface area contributed by atoms with Crippen LogP contribution in [0.3, 0.4) is 0 Å². The molecule has 6 nitrogen and oxygen atoms in total. The quantitative estimate of drug-likeness (QED) is 0.803. The van der Waals surface area contributed by atoms with E-state index in [2.05, 4.69) is 11.4 Å². The lowest BCUT2D eigenvalue weighted by molar-refractivity contribution is -0.128. The van der Waals surface area contributed by atoms with E-state index < -0.39 is 0 Å². The van der Waals surface area contributed by atoms with Gasteiger partial charge in [-0.15, -0.1) is 0 Å². The first kappa shape index (κ1) is 20.0. The summed E-state index contributed by atoms with van der Waals surface area (Å²) in [7, 11) is 1.74. The van der Waals surface area contributed by atoms with Crippen LogP contribution in [0.4, 0.5) is 0 Å². The number of nitrogens with one attached hydrogen (secondary N) is 1. The van der Waals surface area contributed by atoms with Gasteiger partial charge in [-0.3, -0.25) is 9.59 Å². The number of rotatable bonds is 6. The number of benzene rings is 2. The molecule has 0 unspecified atom stereocenters. The molecule has 1 saturated heterocycles. The number of ether oxygens (including phenoxy) is 1. The maximum Gasteiger partial charge on any atom is 0.251 e. The fourth-order valence-electron chi connectivity index (χ4n) is 3.29. The Hall–Kier alpha value is -2.70. The summed E-state index contributed by atoms with van der Waals surface area (Å²) in [6.45, 7) is 1.92. The predicted octanol–water partition coefficient (Wildman–Crippen LogP) is 2.18. The van der Waals surface area contributed by atoms with Crippen molar-refractivity contribution in [3.63, 3.8) is 0 Å². The van der Waals surface area contributed by atoms with E-state index >= 15 is 0 Å². The minimum absolute atomic E-state index is 0.00754. The van der Waals surface area contributed by atoms with Gasteiger partial charge in [0.15, 0.2) is 0 Å². The Morgan fingerprint density at radius 1 is 1.11 bits per heavy atom. The lowest BCUT2D eigenvalue weighted by atomic mass is 10.0. The van der Waals surface area contributed by atoms with Crippen LogP contribution in [0.2, 0.25) is 0 Å². The molecule has 1 fully saturated rings. The molecule has 2 aromatic carbocycles. The fourth-order valence-corrected chi connectivity index (χ4v) is 3.29. The number of nitrogens with two attached hydrogens (primary N) is 1. The Balaban J connectivity index is 1.66.